The first-order chi connectivity index (χ1) is 8.74. The van der Waals surface area contributed by atoms with Gasteiger partial charge in [0.1, 0.15) is 5.75 Å². The first-order valence-corrected chi connectivity index (χ1v) is 5.70. The summed E-state index contributed by atoms with van der Waals surface area (Å²) in [6, 6.07) is 7.52. The molecule has 1 heterocycles. The Balaban J connectivity index is 2.34. The van der Waals surface area contributed by atoms with Gasteiger partial charge in [0, 0.05) is 24.2 Å². The maximum Gasteiger partial charge on any atom is 0.121 e. The predicted molar refractivity (Wildman–Crippen MR) is 69.9 cm³/mol. The average Bonchev–Trinajstić information content (AvgIpc) is 2.43. The van der Waals surface area contributed by atoms with E-state index in [0.29, 0.717) is 0 Å². The standard InChI is InChI=1S/C13H16N2O3/c1-18-11-5-9-3-2-4-14-13(9)12(6-11)15-7-10(17)8-16/h2-6,10,15-17H,7-8H2,1H3. The number of nitrogens with zero attached hydrogens (tertiary/aromatic N) is 1. The van der Waals surface area contributed by atoms with Crippen LogP contribution in [0.1, 0.15) is 0 Å². The summed E-state index contributed by atoms with van der Waals surface area (Å²) in [4.78, 5) is 4.30. The Kier molecular flexibility index (Phi) is 3.96. The molecule has 0 fully saturated rings. The van der Waals surface area contributed by atoms with Gasteiger partial charge in [-0.05, 0) is 12.1 Å². The highest BCUT2D eigenvalue weighted by molar-refractivity contribution is 5.91. The Morgan fingerprint density at radius 1 is 1.44 bits per heavy atom. The number of rotatable bonds is 5. The lowest BCUT2D eigenvalue weighted by atomic mass is 10.1. The van der Waals surface area contributed by atoms with Gasteiger partial charge < -0.3 is 20.3 Å². The number of methoxy groups -OCH3 is 1. The highest BCUT2D eigenvalue weighted by atomic mass is 16.5. The van der Waals surface area contributed by atoms with Gasteiger partial charge in [0.15, 0.2) is 0 Å². The van der Waals surface area contributed by atoms with E-state index < -0.39 is 6.10 Å². The molecule has 2 aromatic rings. The van der Waals surface area contributed by atoms with Gasteiger partial charge in [-0.25, -0.2) is 0 Å². The van der Waals surface area contributed by atoms with Crippen molar-refractivity contribution >= 4 is 16.6 Å². The van der Waals surface area contributed by atoms with Crippen LogP contribution < -0.4 is 10.1 Å². The van der Waals surface area contributed by atoms with Crippen LogP contribution in [-0.2, 0) is 0 Å². The molecule has 0 spiro atoms. The minimum absolute atomic E-state index is 0.259. The Morgan fingerprint density at radius 2 is 2.28 bits per heavy atom. The van der Waals surface area contributed by atoms with Crippen LogP contribution in [0.15, 0.2) is 30.5 Å². The predicted octanol–water partition coefficient (Wildman–Crippen LogP) is 1.01. The molecule has 0 amide bonds. The second-order valence-electron chi connectivity index (χ2n) is 3.97. The second-order valence-corrected chi connectivity index (χ2v) is 3.97. The van der Waals surface area contributed by atoms with Crippen molar-refractivity contribution in [1.29, 1.82) is 0 Å². The lowest BCUT2D eigenvalue weighted by molar-refractivity contribution is 0.105. The van der Waals surface area contributed by atoms with Crippen LogP contribution in [0.4, 0.5) is 5.69 Å². The molecule has 0 aliphatic carbocycles. The molecular weight excluding hydrogens is 232 g/mol. The average molecular weight is 248 g/mol. The quantitative estimate of drug-likeness (QED) is 0.736. The Hall–Kier alpha value is -1.85. The molecule has 5 heteroatoms. The number of fused-ring (bicyclic) bond motifs is 1. The van der Waals surface area contributed by atoms with Crippen molar-refractivity contribution in [2.75, 3.05) is 25.6 Å². The maximum absolute atomic E-state index is 9.35. The number of aromatic nitrogens is 1. The topological polar surface area (TPSA) is 74.6 Å². The fourth-order valence-corrected chi connectivity index (χ4v) is 1.71. The van der Waals surface area contributed by atoms with Gasteiger partial charge in [-0.2, -0.15) is 0 Å². The number of anilines is 1. The summed E-state index contributed by atoms with van der Waals surface area (Å²) in [6.07, 6.45) is 0.914. The highest BCUT2D eigenvalue weighted by Crippen LogP contribution is 2.27. The third-order valence-electron chi connectivity index (χ3n) is 2.65. The van der Waals surface area contributed by atoms with Crippen LogP contribution in [0.3, 0.4) is 0 Å². The third kappa shape index (κ3) is 2.69. The van der Waals surface area contributed by atoms with E-state index in [2.05, 4.69) is 10.3 Å². The summed E-state index contributed by atoms with van der Waals surface area (Å²) in [5.41, 5.74) is 1.58. The Labute approximate surface area is 105 Å². The minimum atomic E-state index is -0.796. The molecule has 0 saturated heterocycles. The van der Waals surface area contributed by atoms with Crippen molar-refractivity contribution in [2.24, 2.45) is 0 Å². The zero-order valence-corrected chi connectivity index (χ0v) is 10.1. The highest BCUT2D eigenvalue weighted by Gasteiger charge is 2.07. The molecule has 0 aliphatic heterocycles. The SMILES string of the molecule is COc1cc(NCC(O)CO)c2ncccc2c1. The van der Waals surface area contributed by atoms with Crippen molar-refractivity contribution in [3.05, 3.63) is 30.5 Å². The van der Waals surface area contributed by atoms with E-state index in [0.717, 1.165) is 22.3 Å². The molecule has 3 N–H and O–H groups in total. The summed E-state index contributed by atoms with van der Waals surface area (Å²) >= 11 is 0. The van der Waals surface area contributed by atoms with Gasteiger partial charge in [0.2, 0.25) is 0 Å². The zero-order valence-electron chi connectivity index (χ0n) is 10.1. The van der Waals surface area contributed by atoms with Crippen molar-refractivity contribution in [2.45, 2.75) is 6.10 Å². The van der Waals surface area contributed by atoms with Gasteiger partial charge in [0.05, 0.1) is 31.0 Å². The molecule has 18 heavy (non-hydrogen) atoms. The number of aliphatic hydroxyl groups excluding tert-OH is 2. The lowest BCUT2D eigenvalue weighted by Gasteiger charge is -2.13. The molecule has 0 radical (unpaired) electrons. The van der Waals surface area contributed by atoms with E-state index in [1.165, 1.54) is 0 Å². The first kappa shape index (κ1) is 12.6. The number of nitrogens with one attached hydrogen (secondary N) is 1. The molecule has 1 aromatic carbocycles. The second kappa shape index (κ2) is 5.66. The molecule has 1 unspecified atom stereocenters. The molecule has 0 bridgehead atoms. The summed E-state index contributed by atoms with van der Waals surface area (Å²) in [5, 5.41) is 22.2. The van der Waals surface area contributed by atoms with Crippen LogP contribution in [0.25, 0.3) is 10.9 Å². The molecule has 1 atom stereocenters. The third-order valence-corrected chi connectivity index (χ3v) is 2.65. The van der Waals surface area contributed by atoms with Crippen LogP contribution in [0, 0.1) is 0 Å². The van der Waals surface area contributed by atoms with Crippen molar-refractivity contribution < 1.29 is 14.9 Å². The molecular formula is C13H16N2O3. The maximum atomic E-state index is 9.35. The first-order valence-electron chi connectivity index (χ1n) is 5.70. The number of benzene rings is 1. The molecule has 0 aliphatic rings. The minimum Gasteiger partial charge on any atom is -0.497 e. The Morgan fingerprint density at radius 3 is 3.00 bits per heavy atom. The van der Waals surface area contributed by atoms with Crippen molar-refractivity contribution in [1.82, 2.24) is 4.98 Å². The zero-order chi connectivity index (χ0) is 13.0. The summed E-state index contributed by atoms with van der Waals surface area (Å²) in [5.74, 6) is 0.719. The van der Waals surface area contributed by atoms with Crippen molar-refractivity contribution in [3.63, 3.8) is 0 Å². The fourth-order valence-electron chi connectivity index (χ4n) is 1.71. The van der Waals surface area contributed by atoms with E-state index in [4.69, 9.17) is 9.84 Å². The van der Waals surface area contributed by atoms with Gasteiger partial charge in [-0.15, -0.1) is 0 Å². The normalized spacial score (nSPS) is 12.4. The smallest absolute Gasteiger partial charge is 0.121 e. The van der Waals surface area contributed by atoms with E-state index in [9.17, 15) is 5.11 Å². The molecule has 0 saturated carbocycles. The summed E-state index contributed by atoms with van der Waals surface area (Å²) < 4.78 is 5.22. The van der Waals surface area contributed by atoms with Gasteiger partial charge in [-0.3, -0.25) is 4.98 Å². The molecule has 5 nitrogen and oxygen atoms in total. The monoisotopic (exact) mass is 248 g/mol. The molecule has 96 valence electrons. The molecule has 1 aromatic heterocycles. The van der Waals surface area contributed by atoms with Crippen LogP contribution in [0.2, 0.25) is 0 Å². The Bertz CT molecular complexity index is 531. The van der Waals surface area contributed by atoms with Crippen molar-refractivity contribution in [3.8, 4) is 5.75 Å². The van der Waals surface area contributed by atoms with Crippen LogP contribution in [0.5, 0.6) is 5.75 Å². The lowest BCUT2D eigenvalue weighted by Crippen LogP contribution is -2.23. The summed E-state index contributed by atoms with van der Waals surface area (Å²) in [7, 11) is 1.60. The van der Waals surface area contributed by atoms with Gasteiger partial charge in [0.25, 0.3) is 0 Å². The number of aliphatic hydroxyl groups is 2. The van der Waals surface area contributed by atoms with E-state index in [-0.39, 0.29) is 13.2 Å². The van der Waals surface area contributed by atoms with E-state index >= 15 is 0 Å². The van der Waals surface area contributed by atoms with E-state index in [1.54, 1.807) is 13.3 Å². The van der Waals surface area contributed by atoms with Crippen LogP contribution >= 0.6 is 0 Å². The number of hydrogen-bond donors (Lipinski definition) is 3. The molecule has 2 rings (SSSR count). The number of ether oxygens (including phenoxy) is 1. The largest absolute Gasteiger partial charge is 0.497 e. The van der Waals surface area contributed by atoms with Gasteiger partial charge in [-0.1, -0.05) is 6.07 Å². The van der Waals surface area contributed by atoms with Crippen LogP contribution in [-0.4, -0.2) is 41.6 Å². The summed E-state index contributed by atoms with van der Waals surface area (Å²) in [6.45, 7) is -0.0162. The number of pyridine rings is 1. The van der Waals surface area contributed by atoms with Gasteiger partial charge >= 0.3 is 0 Å². The fraction of sp³-hybridized carbons (Fsp3) is 0.308. The van der Waals surface area contributed by atoms with E-state index in [1.807, 2.05) is 24.3 Å². The number of hydrogen-bond acceptors (Lipinski definition) is 5.